The molecule has 0 aliphatic carbocycles. The van der Waals surface area contributed by atoms with Crippen LogP contribution in [0.25, 0.3) is 0 Å². The lowest BCUT2D eigenvalue weighted by atomic mass is 9.98. The highest BCUT2D eigenvalue weighted by Gasteiger charge is 2.30. The van der Waals surface area contributed by atoms with Crippen LogP contribution in [0.15, 0.2) is 16.3 Å². The first-order chi connectivity index (χ1) is 10.9. The summed E-state index contributed by atoms with van der Waals surface area (Å²) in [6.45, 7) is 4.13. The molecule has 1 amide bonds. The van der Waals surface area contributed by atoms with Crippen LogP contribution in [0.1, 0.15) is 24.6 Å². The second-order valence-corrected chi connectivity index (χ2v) is 9.19. The van der Waals surface area contributed by atoms with Gasteiger partial charge in [0.1, 0.15) is 4.21 Å². The molecular weight excluding hydrogens is 370 g/mol. The van der Waals surface area contributed by atoms with Crippen LogP contribution < -0.4 is 10.6 Å². The van der Waals surface area contributed by atoms with Crippen LogP contribution >= 0.6 is 23.7 Å². The number of nitrogens with one attached hydrogen (secondary N) is 2. The van der Waals surface area contributed by atoms with Gasteiger partial charge in [0.15, 0.2) is 0 Å². The lowest BCUT2D eigenvalue weighted by Gasteiger charge is -2.30. The highest BCUT2D eigenvalue weighted by Crippen LogP contribution is 2.28. The summed E-state index contributed by atoms with van der Waals surface area (Å²) < 4.78 is 27.4. The van der Waals surface area contributed by atoms with Crippen molar-refractivity contribution in [1.29, 1.82) is 0 Å². The van der Waals surface area contributed by atoms with Gasteiger partial charge in [-0.05, 0) is 50.9 Å². The zero-order chi connectivity index (χ0) is 16.9. The average Bonchev–Trinajstić information content (AvgIpc) is 2.97. The highest BCUT2D eigenvalue weighted by molar-refractivity contribution is 7.91. The van der Waals surface area contributed by atoms with Crippen molar-refractivity contribution >= 4 is 39.7 Å². The standard InChI is InChI=1S/C15H25N3O3S2.ClH/c1-12(19)17-8-5-14-3-4-15(22-14)23(20,21)18-9-6-13(7-10-18)11-16-2;/h3-4,13,16H,5-11H2,1-2H3,(H,17,19);1H. The fraction of sp³-hybridized carbons (Fsp3) is 0.667. The van der Waals surface area contributed by atoms with Crippen LogP contribution in [0.5, 0.6) is 0 Å². The molecule has 24 heavy (non-hydrogen) atoms. The third-order valence-electron chi connectivity index (χ3n) is 4.04. The smallest absolute Gasteiger partial charge is 0.252 e. The van der Waals surface area contributed by atoms with Crippen LogP contribution in [-0.4, -0.2) is 51.9 Å². The molecule has 6 nitrogen and oxygen atoms in total. The molecule has 0 bridgehead atoms. The first-order valence-corrected chi connectivity index (χ1v) is 10.2. The van der Waals surface area contributed by atoms with Crippen molar-refractivity contribution in [1.82, 2.24) is 14.9 Å². The molecular formula is C15H26ClN3O3S2. The highest BCUT2D eigenvalue weighted by atomic mass is 35.5. The molecule has 9 heteroatoms. The van der Waals surface area contributed by atoms with Gasteiger partial charge >= 0.3 is 0 Å². The Balaban J connectivity index is 0.00000288. The van der Waals surface area contributed by atoms with Crippen molar-refractivity contribution in [3.63, 3.8) is 0 Å². The Morgan fingerprint density at radius 2 is 2.00 bits per heavy atom. The van der Waals surface area contributed by atoms with Gasteiger partial charge in [-0.3, -0.25) is 4.79 Å². The number of nitrogens with zero attached hydrogens (tertiary/aromatic N) is 1. The van der Waals surface area contributed by atoms with E-state index in [2.05, 4.69) is 10.6 Å². The molecule has 2 rings (SSSR count). The van der Waals surface area contributed by atoms with Gasteiger partial charge in [0.2, 0.25) is 5.91 Å². The van der Waals surface area contributed by atoms with Crippen molar-refractivity contribution in [2.45, 2.75) is 30.4 Å². The number of amides is 1. The van der Waals surface area contributed by atoms with E-state index in [4.69, 9.17) is 0 Å². The van der Waals surface area contributed by atoms with Gasteiger partial charge < -0.3 is 10.6 Å². The molecule has 1 saturated heterocycles. The predicted molar refractivity (Wildman–Crippen MR) is 99.4 cm³/mol. The van der Waals surface area contributed by atoms with Gasteiger partial charge in [0, 0.05) is 31.4 Å². The van der Waals surface area contributed by atoms with Crippen LogP contribution in [0.4, 0.5) is 0 Å². The number of carbonyl (C=O) groups is 1. The summed E-state index contributed by atoms with van der Waals surface area (Å²) in [7, 11) is -1.45. The lowest BCUT2D eigenvalue weighted by molar-refractivity contribution is -0.118. The summed E-state index contributed by atoms with van der Waals surface area (Å²) in [5.41, 5.74) is 0. The maximum Gasteiger partial charge on any atom is 0.252 e. The minimum Gasteiger partial charge on any atom is -0.356 e. The molecule has 1 fully saturated rings. The predicted octanol–water partition coefficient (Wildman–Crippen LogP) is 1.47. The van der Waals surface area contributed by atoms with Crippen molar-refractivity contribution in [2.75, 3.05) is 33.2 Å². The lowest BCUT2D eigenvalue weighted by Crippen LogP contribution is -2.40. The molecule has 1 aliphatic heterocycles. The van der Waals surface area contributed by atoms with Gasteiger partial charge in [-0.25, -0.2) is 8.42 Å². The van der Waals surface area contributed by atoms with Crippen LogP contribution in [0.3, 0.4) is 0 Å². The minimum atomic E-state index is -3.38. The summed E-state index contributed by atoms with van der Waals surface area (Å²) in [6, 6.07) is 3.52. The quantitative estimate of drug-likeness (QED) is 0.732. The number of halogens is 1. The second-order valence-electron chi connectivity index (χ2n) is 5.86. The summed E-state index contributed by atoms with van der Waals surface area (Å²) in [6.07, 6.45) is 2.46. The first kappa shape index (κ1) is 21.4. The van der Waals surface area contributed by atoms with E-state index < -0.39 is 10.0 Å². The number of rotatable bonds is 7. The Bertz CT molecular complexity index is 626. The Morgan fingerprint density at radius 1 is 1.33 bits per heavy atom. The van der Waals surface area contributed by atoms with E-state index in [-0.39, 0.29) is 18.3 Å². The Morgan fingerprint density at radius 3 is 2.58 bits per heavy atom. The molecule has 2 N–H and O–H groups in total. The van der Waals surface area contributed by atoms with Crippen molar-refractivity contribution in [2.24, 2.45) is 5.92 Å². The van der Waals surface area contributed by atoms with E-state index in [1.807, 2.05) is 13.1 Å². The fourth-order valence-electron chi connectivity index (χ4n) is 2.76. The average molecular weight is 396 g/mol. The third-order valence-corrected chi connectivity index (χ3v) is 7.55. The van der Waals surface area contributed by atoms with Crippen LogP contribution in [-0.2, 0) is 21.2 Å². The SMILES string of the molecule is CNCC1CCN(S(=O)(=O)c2ccc(CCNC(C)=O)s2)CC1.Cl. The van der Waals surface area contributed by atoms with E-state index in [1.54, 1.807) is 10.4 Å². The third kappa shape index (κ3) is 5.70. The number of sulfonamides is 1. The molecule has 1 aromatic heterocycles. The largest absolute Gasteiger partial charge is 0.356 e. The van der Waals surface area contributed by atoms with Gasteiger partial charge in [0.25, 0.3) is 10.0 Å². The molecule has 0 atom stereocenters. The molecule has 138 valence electrons. The number of thiophene rings is 1. The van der Waals surface area contributed by atoms with Crippen molar-refractivity contribution in [3.8, 4) is 0 Å². The van der Waals surface area contributed by atoms with Gasteiger partial charge in [0.05, 0.1) is 0 Å². The Labute approximate surface area is 154 Å². The zero-order valence-corrected chi connectivity index (χ0v) is 16.5. The van der Waals surface area contributed by atoms with Gasteiger partial charge in [-0.2, -0.15) is 4.31 Å². The summed E-state index contributed by atoms with van der Waals surface area (Å²) in [5, 5.41) is 5.88. The van der Waals surface area contributed by atoms with Crippen LogP contribution in [0.2, 0.25) is 0 Å². The second kappa shape index (κ2) is 9.72. The van der Waals surface area contributed by atoms with Gasteiger partial charge in [-0.1, -0.05) is 0 Å². The molecule has 0 saturated carbocycles. The fourth-order valence-corrected chi connectivity index (χ4v) is 5.74. The van der Waals surface area contributed by atoms with Gasteiger partial charge in [-0.15, -0.1) is 23.7 Å². The Kier molecular flexibility index (Phi) is 8.66. The summed E-state index contributed by atoms with van der Waals surface area (Å²) >= 11 is 1.30. The maximum absolute atomic E-state index is 12.7. The maximum atomic E-state index is 12.7. The summed E-state index contributed by atoms with van der Waals surface area (Å²) in [4.78, 5) is 11.8. The molecule has 0 spiro atoms. The topological polar surface area (TPSA) is 78.5 Å². The number of carbonyl (C=O) groups excluding carboxylic acids is 1. The van der Waals surface area contributed by atoms with E-state index in [0.29, 0.717) is 36.2 Å². The Hall–Kier alpha value is -0.670. The molecule has 0 aromatic carbocycles. The summed E-state index contributed by atoms with van der Waals surface area (Å²) in [5.74, 6) is 0.488. The van der Waals surface area contributed by atoms with Crippen molar-refractivity contribution in [3.05, 3.63) is 17.0 Å². The monoisotopic (exact) mass is 395 g/mol. The number of hydrogen-bond acceptors (Lipinski definition) is 5. The molecule has 0 radical (unpaired) electrons. The van der Waals surface area contributed by atoms with Crippen molar-refractivity contribution < 1.29 is 13.2 Å². The molecule has 1 aromatic rings. The number of hydrogen-bond donors (Lipinski definition) is 2. The zero-order valence-electron chi connectivity index (χ0n) is 14.1. The normalized spacial score (nSPS) is 16.6. The van der Waals surface area contributed by atoms with Crippen LogP contribution in [0, 0.1) is 5.92 Å². The molecule has 1 aliphatic rings. The number of piperidine rings is 1. The van der Waals surface area contributed by atoms with E-state index in [9.17, 15) is 13.2 Å². The first-order valence-electron chi connectivity index (χ1n) is 7.91. The molecule has 2 heterocycles. The van der Waals surface area contributed by atoms with E-state index in [1.165, 1.54) is 18.3 Å². The van der Waals surface area contributed by atoms with E-state index in [0.717, 1.165) is 24.3 Å². The minimum absolute atomic E-state index is 0. The van der Waals surface area contributed by atoms with E-state index >= 15 is 0 Å². The molecule has 0 unspecified atom stereocenters.